The monoisotopic (exact) mass is 282 g/mol. The molecule has 0 aromatic rings. The van der Waals surface area contributed by atoms with E-state index in [1.165, 1.54) is 50.8 Å². The van der Waals surface area contributed by atoms with Gasteiger partial charge in [0.2, 0.25) is 0 Å². The maximum atomic E-state index is 4.15. The first kappa shape index (κ1) is 19.5. The molecule has 0 N–H and O–H groups in total. The number of hydrogen-bond donors (Lipinski definition) is 0. The molecule has 0 radical (unpaired) electrons. The summed E-state index contributed by atoms with van der Waals surface area (Å²) in [6.45, 7) is 15.5. The van der Waals surface area contributed by atoms with Gasteiger partial charge < -0.3 is 9.80 Å². The van der Waals surface area contributed by atoms with Crippen molar-refractivity contribution in [2.45, 2.75) is 72.3 Å². The Hall–Kier alpha value is -0.500. The van der Waals surface area contributed by atoms with E-state index in [0.717, 1.165) is 6.54 Å². The molecule has 0 aliphatic rings. The van der Waals surface area contributed by atoms with Gasteiger partial charge in [0.05, 0.1) is 0 Å². The molecule has 0 aromatic carbocycles. The Kier molecular flexibility index (Phi) is 10.9. The number of allylic oxidation sites excluding steroid dienone is 1. The highest BCUT2D eigenvalue weighted by Gasteiger charge is 2.05. The molecular weight excluding hydrogens is 244 g/mol. The smallest absolute Gasteiger partial charge is 0.0171 e. The van der Waals surface area contributed by atoms with E-state index < -0.39 is 0 Å². The molecule has 20 heavy (non-hydrogen) atoms. The molecule has 0 unspecified atom stereocenters. The summed E-state index contributed by atoms with van der Waals surface area (Å²) >= 11 is 0. The summed E-state index contributed by atoms with van der Waals surface area (Å²) in [7, 11) is 4.40. The molecule has 0 fully saturated rings. The first-order chi connectivity index (χ1) is 9.36. The van der Waals surface area contributed by atoms with Gasteiger partial charge in [-0.2, -0.15) is 0 Å². The fourth-order valence-corrected chi connectivity index (χ4v) is 2.26. The summed E-state index contributed by atoms with van der Waals surface area (Å²) in [4.78, 5) is 4.76. The van der Waals surface area contributed by atoms with Crippen LogP contribution >= 0.6 is 0 Å². The Morgan fingerprint density at radius 3 is 1.70 bits per heavy atom. The van der Waals surface area contributed by atoms with Gasteiger partial charge in [-0.3, -0.25) is 0 Å². The summed E-state index contributed by atoms with van der Waals surface area (Å²) in [5, 5.41) is 0. The third-order valence-corrected chi connectivity index (χ3v) is 4.29. The normalized spacial score (nSPS) is 11.7. The summed E-state index contributed by atoms with van der Waals surface area (Å²) < 4.78 is 0. The highest BCUT2D eigenvalue weighted by Crippen LogP contribution is 2.13. The molecule has 0 rings (SSSR count). The number of nitrogens with zero attached hydrogens (tertiary/aromatic N) is 2. The molecular formula is C18H38N2. The van der Waals surface area contributed by atoms with Gasteiger partial charge in [-0.25, -0.2) is 0 Å². The Bertz CT molecular complexity index is 246. The van der Waals surface area contributed by atoms with Crippen molar-refractivity contribution in [2.75, 3.05) is 27.2 Å². The lowest BCUT2D eigenvalue weighted by Gasteiger charge is -2.24. The molecule has 2 nitrogen and oxygen atoms in total. The Balaban J connectivity index is 3.39. The zero-order valence-corrected chi connectivity index (χ0v) is 14.9. The molecule has 0 spiro atoms. The Morgan fingerprint density at radius 1 is 0.800 bits per heavy atom. The van der Waals surface area contributed by atoms with Crippen LogP contribution in [0.2, 0.25) is 0 Å². The van der Waals surface area contributed by atoms with Gasteiger partial charge in [-0.05, 0) is 46.2 Å². The largest absolute Gasteiger partial charge is 0.378 e. The van der Waals surface area contributed by atoms with Crippen LogP contribution in [-0.2, 0) is 0 Å². The SMILES string of the molecule is C=C(C(C)C)N(C)CCCCCCCCN(C)C(C)C. The third kappa shape index (κ3) is 9.41. The summed E-state index contributed by atoms with van der Waals surface area (Å²) in [6.07, 6.45) is 8.16. The molecule has 0 aliphatic carbocycles. The second-order valence-electron chi connectivity index (χ2n) is 6.76. The van der Waals surface area contributed by atoms with Crippen LogP contribution in [0, 0.1) is 5.92 Å². The van der Waals surface area contributed by atoms with E-state index in [0.29, 0.717) is 12.0 Å². The highest BCUT2D eigenvalue weighted by molar-refractivity contribution is 4.95. The lowest BCUT2D eigenvalue weighted by atomic mass is 10.1. The lowest BCUT2D eigenvalue weighted by Crippen LogP contribution is -2.27. The third-order valence-electron chi connectivity index (χ3n) is 4.29. The first-order valence-electron chi connectivity index (χ1n) is 8.46. The van der Waals surface area contributed by atoms with Crippen LogP contribution in [0.15, 0.2) is 12.3 Å². The van der Waals surface area contributed by atoms with Crippen LogP contribution in [0.5, 0.6) is 0 Å². The van der Waals surface area contributed by atoms with Crippen LogP contribution in [0.3, 0.4) is 0 Å². The van der Waals surface area contributed by atoms with Crippen LogP contribution in [-0.4, -0.2) is 43.0 Å². The van der Waals surface area contributed by atoms with Crippen molar-refractivity contribution in [3.8, 4) is 0 Å². The standard InChI is InChI=1S/C18H38N2/c1-16(2)18(5)20(7)15-13-11-9-8-10-12-14-19(6)17(3)4/h16-17H,5,8-15H2,1-4,6-7H3. The zero-order chi connectivity index (χ0) is 15.5. The zero-order valence-electron chi connectivity index (χ0n) is 14.9. The highest BCUT2D eigenvalue weighted by atomic mass is 15.1. The predicted molar refractivity (Wildman–Crippen MR) is 92.1 cm³/mol. The summed E-state index contributed by atoms with van der Waals surface area (Å²) in [5.74, 6) is 0.568. The molecule has 0 bridgehead atoms. The van der Waals surface area contributed by atoms with Crippen LogP contribution < -0.4 is 0 Å². The Labute approximate surface area is 128 Å². The number of rotatable bonds is 12. The van der Waals surface area contributed by atoms with E-state index in [1.54, 1.807) is 0 Å². The minimum Gasteiger partial charge on any atom is -0.378 e. The Morgan fingerprint density at radius 2 is 1.25 bits per heavy atom. The van der Waals surface area contributed by atoms with Crippen molar-refractivity contribution < 1.29 is 0 Å². The van der Waals surface area contributed by atoms with Gasteiger partial charge in [-0.15, -0.1) is 0 Å². The lowest BCUT2D eigenvalue weighted by molar-refractivity contribution is 0.267. The van der Waals surface area contributed by atoms with Gasteiger partial charge >= 0.3 is 0 Å². The fraction of sp³-hybridized carbons (Fsp3) is 0.889. The van der Waals surface area contributed by atoms with E-state index in [-0.39, 0.29) is 0 Å². The fourth-order valence-electron chi connectivity index (χ4n) is 2.26. The van der Waals surface area contributed by atoms with E-state index in [9.17, 15) is 0 Å². The maximum Gasteiger partial charge on any atom is 0.0171 e. The summed E-state index contributed by atoms with van der Waals surface area (Å²) in [6, 6.07) is 0.680. The van der Waals surface area contributed by atoms with E-state index in [2.05, 4.69) is 58.2 Å². The molecule has 0 atom stereocenters. The van der Waals surface area contributed by atoms with Gasteiger partial charge in [0.1, 0.15) is 0 Å². The quantitative estimate of drug-likeness (QED) is 0.476. The second kappa shape index (κ2) is 11.2. The molecule has 0 amide bonds. The average Bonchev–Trinajstić information content (AvgIpc) is 2.39. The van der Waals surface area contributed by atoms with Crippen molar-refractivity contribution in [1.29, 1.82) is 0 Å². The maximum absolute atomic E-state index is 4.15. The van der Waals surface area contributed by atoms with Crippen molar-refractivity contribution in [3.63, 3.8) is 0 Å². The van der Waals surface area contributed by atoms with Crippen LogP contribution in [0.1, 0.15) is 66.2 Å². The van der Waals surface area contributed by atoms with Crippen LogP contribution in [0.4, 0.5) is 0 Å². The molecule has 0 saturated carbocycles. The van der Waals surface area contributed by atoms with Crippen molar-refractivity contribution >= 4 is 0 Å². The average molecular weight is 283 g/mol. The van der Waals surface area contributed by atoms with Gasteiger partial charge in [0.15, 0.2) is 0 Å². The molecule has 120 valence electrons. The van der Waals surface area contributed by atoms with E-state index in [4.69, 9.17) is 0 Å². The second-order valence-corrected chi connectivity index (χ2v) is 6.76. The van der Waals surface area contributed by atoms with Gasteiger partial charge in [-0.1, -0.05) is 46.1 Å². The first-order valence-corrected chi connectivity index (χ1v) is 8.46. The van der Waals surface area contributed by atoms with Crippen molar-refractivity contribution in [3.05, 3.63) is 12.3 Å². The van der Waals surface area contributed by atoms with E-state index in [1.807, 2.05) is 0 Å². The topological polar surface area (TPSA) is 6.48 Å². The molecule has 0 aromatic heterocycles. The van der Waals surface area contributed by atoms with Crippen molar-refractivity contribution in [2.24, 2.45) is 5.92 Å². The molecule has 0 aliphatic heterocycles. The van der Waals surface area contributed by atoms with Gasteiger partial charge in [0, 0.05) is 25.3 Å². The minimum atomic E-state index is 0.568. The van der Waals surface area contributed by atoms with Gasteiger partial charge in [0.25, 0.3) is 0 Å². The molecule has 2 heteroatoms. The minimum absolute atomic E-state index is 0.568. The number of unbranched alkanes of at least 4 members (excludes halogenated alkanes) is 5. The van der Waals surface area contributed by atoms with Crippen molar-refractivity contribution in [1.82, 2.24) is 9.80 Å². The molecule has 0 saturated heterocycles. The molecule has 0 heterocycles. The number of hydrogen-bond acceptors (Lipinski definition) is 2. The summed E-state index contributed by atoms with van der Waals surface area (Å²) in [5.41, 5.74) is 1.27. The predicted octanol–water partition coefficient (Wildman–Crippen LogP) is 4.77. The van der Waals surface area contributed by atoms with E-state index >= 15 is 0 Å². The van der Waals surface area contributed by atoms with Crippen LogP contribution in [0.25, 0.3) is 0 Å².